The van der Waals surface area contributed by atoms with Gasteiger partial charge < -0.3 is 43.4 Å². The molecule has 0 amide bonds. The summed E-state index contributed by atoms with van der Waals surface area (Å²) in [5.41, 5.74) is -1.55. The number of aromatic hydroxyl groups is 1. The molecule has 260 valence electrons. The van der Waals surface area contributed by atoms with Crippen molar-refractivity contribution in [1.29, 1.82) is 0 Å². The largest absolute Gasteiger partial charge is 0.507 e. The summed E-state index contributed by atoms with van der Waals surface area (Å²) >= 11 is 0. The van der Waals surface area contributed by atoms with Gasteiger partial charge in [-0.3, -0.25) is 9.11 Å². The van der Waals surface area contributed by atoms with E-state index in [-0.39, 0.29) is 41.2 Å². The predicted octanol–water partition coefficient (Wildman–Crippen LogP) is 1.22. The Morgan fingerprint density at radius 1 is 0.761 bits per heavy atom. The number of hydrogen-bond acceptors (Lipinski definition) is 15. The molecule has 2 aliphatic rings. The fourth-order valence-corrected chi connectivity index (χ4v) is 4.27. The highest BCUT2D eigenvalue weighted by Gasteiger charge is 2.60. The van der Waals surface area contributed by atoms with Crippen LogP contribution in [0.4, 0.5) is 0 Å². The lowest BCUT2D eigenvalue weighted by atomic mass is 9.82. The van der Waals surface area contributed by atoms with Gasteiger partial charge in [-0.25, -0.2) is 19.2 Å². The first-order valence-corrected chi connectivity index (χ1v) is 14.5. The molecule has 18 heteroatoms. The number of hydrogen-bond donors (Lipinski definition) is 4. The van der Waals surface area contributed by atoms with Crippen LogP contribution in [0.15, 0.2) is 35.4 Å². The van der Waals surface area contributed by atoms with Crippen molar-refractivity contribution in [3.05, 3.63) is 52.1 Å². The maximum Gasteiger partial charge on any atom is 0.394 e. The predicted molar refractivity (Wildman–Crippen MR) is 157 cm³/mol. The first-order chi connectivity index (χ1) is 21.5. The lowest BCUT2D eigenvalue weighted by Crippen LogP contribution is -2.37. The zero-order chi connectivity index (χ0) is 35.9. The summed E-state index contributed by atoms with van der Waals surface area (Å²) in [6.45, 7) is 6.55. The molecular weight excluding hydrogens is 640 g/mol. The Labute approximate surface area is 266 Å². The van der Waals surface area contributed by atoms with Crippen molar-refractivity contribution in [2.45, 2.75) is 38.6 Å². The van der Waals surface area contributed by atoms with E-state index < -0.39 is 45.5 Å². The molecule has 2 heterocycles. The number of carbonyl (C=O) groups excluding carboxylic acids is 4. The SMILES string of the molecule is CCOC[C@]12C=C[C@](C)(O1)C(C(=O)OC)=C2C(=O)OC.CCOCc1ccc(O)c(C(=O)OC)c1C(=O)OC.CO.O=S(=O)(O)O. The maximum absolute atomic E-state index is 12.1. The summed E-state index contributed by atoms with van der Waals surface area (Å²) < 4.78 is 66.9. The van der Waals surface area contributed by atoms with Crippen LogP contribution in [0.5, 0.6) is 5.75 Å². The second-order valence-corrected chi connectivity index (χ2v) is 9.76. The van der Waals surface area contributed by atoms with Crippen LogP contribution < -0.4 is 0 Å². The van der Waals surface area contributed by atoms with Crippen molar-refractivity contribution >= 4 is 34.3 Å². The molecule has 0 fully saturated rings. The molecule has 0 aliphatic carbocycles. The molecule has 0 unspecified atom stereocenters. The van der Waals surface area contributed by atoms with E-state index in [0.29, 0.717) is 18.8 Å². The third-order valence-corrected chi connectivity index (χ3v) is 6.04. The number of phenols is 1. The van der Waals surface area contributed by atoms with Gasteiger partial charge in [0, 0.05) is 20.3 Å². The van der Waals surface area contributed by atoms with Crippen molar-refractivity contribution in [2.24, 2.45) is 0 Å². The molecule has 0 saturated carbocycles. The first kappa shape index (κ1) is 42.1. The molecule has 2 bridgehead atoms. The standard InChI is InChI=1S/C14H18O6.C13H16O6.CH4O.H2O4S/c1-5-19-8-14-7-6-13(2,20-14)9(11(15)17-3)10(14)12(16)18-4;1-4-19-7-8-5-6-9(14)11(13(16)18-3)10(8)12(15)17-2;1-2;1-5(2,3)4/h6-7H,5,8H2,1-4H3;5-6,14H,4,7H2,1-3H3;2H,1H3;(H2,1,2,3,4)/t13-,14-;;;/m0.../s1. The quantitative estimate of drug-likeness (QED) is 0.117. The minimum atomic E-state index is -4.67. The average Bonchev–Trinajstić information content (AvgIpc) is 3.50. The smallest absolute Gasteiger partial charge is 0.394 e. The van der Waals surface area contributed by atoms with Crippen LogP contribution >= 0.6 is 0 Å². The third kappa shape index (κ3) is 10.9. The maximum atomic E-state index is 12.1. The zero-order valence-corrected chi connectivity index (χ0v) is 27.5. The van der Waals surface area contributed by atoms with Crippen molar-refractivity contribution in [2.75, 3.05) is 55.4 Å². The fraction of sp³-hybridized carbons (Fsp3) is 0.500. The van der Waals surface area contributed by atoms with Gasteiger partial charge in [0.15, 0.2) is 0 Å². The summed E-state index contributed by atoms with van der Waals surface area (Å²) in [7, 11) is 1.21. The summed E-state index contributed by atoms with van der Waals surface area (Å²) in [5, 5.41) is 16.7. The number of ether oxygens (including phenoxy) is 7. The van der Waals surface area contributed by atoms with E-state index in [2.05, 4.69) is 9.47 Å². The van der Waals surface area contributed by atoms with Gasteiger partial charge in [0.25, 0.3) is 0 Å². The molecule has 0 radical (unpaired) electrons. The summed E-state index contributed by atoms with van der Waals surface area (Å²) in [5.74, 6) is -3.09. The number of benzene rings is 1. The number of esters is 4. The Morgan fingerprint density at radius 3 is 1.67 bits per heavy atom. The van der Waals surface area contributed by atoms with Gasteiger partial charge >= 0.3 is 34.3 Å². The highest BCUT2D eigenvalue weighted by molar-refractivity contribution is 7.79. The average molecular weight is 681 g/mol. The Bertz CT molecular complexity index is 1390. The van der Waals surface area contributed by atoms with Crippen LogP contribution in [-0.2, 0) is 59.8 Å². The molecule has 2 aliphatic heterocycles. The minimum absolute atomic E-state index is 0.0391. The van der Waals surface area contributed by atoms with E-state index in [4.69, 9.17) is 46.3 Å². The molecule has 2 atom stereocenters. The summed E-state index contributed by atoms with van der Waals surface area (Å²) in [6.07, 6.45) is 3.48. The van der Waals surface area contributed by atoms with Crippen molar-refractivity contribution < 1.29 is 80.1 Å². The Morgan fingerprint density at radius 2 is 1.22 bits per heavy atom. The zero-order valence-electron chi connectivity index (χ0n) is 26.6. The van der Waals surface area contributed by atoms with Gasteiger partial charge in [0.05, 0.1) is 58.4 Å². The molecular formula is C28H40O17S. The van der Waals surface area contributed by atoms with E-state index in [9.17, 15) is 24.3 Å². The van der Waals surface area contributed by atoms with E-state index >= 15 is 0 Å². The summed E-state index contributed by atoms with van der Waals surface area (Å²) in [4.78, 5) is 47.6. The van der Waals surface area contributed by atoms with Crippen LogP contribution in [0.2, 0.25) is 0 Å². The van der Waals surface area contributed by atoms with Crippen LogP contribution in [-0.4, -0.2) is 118 Å². The second kappa shape index (κ2) is 18.9. The third-order valence-electron chi connectivity index (χ3n) is 6.04. The van der Waals surface area contributed by atoms with Crippen LogP contribution in [0.1, 0.15) is 47.1 Å². The Hall–Kier alpha value is -3.91. The summed E-state index contributed by atoms with van der Waals surface area (Å²) in [6, 6.07) is 2.82. The van der Waals surface area contributed by atoms with Gasteiger partial charge in [-0.2, -0.15) is 8.42 Å². The van der Waals surface area contributed by atoms with E-state index in [1.165, 1.54) is 33.5 Å². The lowest BCUT2D eigenvalue weighted by molar-refractivity contribution is -0.140. The number of aliphatic hydroxyl groups is 1. The number of rotatable bonds is 10. The van der Waals surface area contributed by atoms with Gasteiger partial charge in [-0.15, -0.1) is 0 Å². The monoisotopic (exact) mass is 680 g/mol. The Kier molecular flexibility index (Phi) is 17.3. The molecule has 0 saturated heterocycles. The topological polar surface area (TPSA) is 248 Å². The number of fused-ring (bicyclic) bond motifs is 2. The highest BCUT2D eigenvalue weighted by Crippen LogP contribution is 2.50. The van der Waals surface area contributed by atoms with Crippen molar-refractivity contribution in [3.8, 4) is 5.75 Å². The lowest BCUT2D eigenvalue weighted by Gasteiger charge is -2.25. The number of phenolic OH excluding ortho intramolecular Hbond substituents is 1. The minimum Gasteiger partial charge on any atom is -0.507 e. The molecule has 3 rings (SSSR count). The molecule has 17 nitrogen and oxygen atoms in total. The van der Waals surface area contributed by atoms with E-state index in [1.807, 2.05) is 6.92 Å². The Balaban J connectivity index is 0.000000734. The van der Waals surface area contributed by atoms with E-state index in [1.54, 1.807) is 26.0 Å². The van der Waals surface area contributed by atoms with Gasteiger partial charge in [0.2, 0.25) is 0 Å². The molecule has 1 aromatic carbocycles. The normalized spacial score (nSPS) is 18.9. The first-order valence-electron chi connectivity index (χ1n) is 13.1. The fourth-order valence-electron chi connectivity index (χ4n) is 4.27. The number of methoxy groups -OCH3 is 4. The van der Waals surface area contributed by atoms with Crippen LogP contribution in [0.3, 0.4) is 0 Å². The molecule has 0 spiro atoms. The van der Waals surface area contributed by atoms with Crippen molar-refractivity contribution in [3.63, 3.8) is 0 Å². The highest BCUT2D eigenvalue weighted by atomic mass is 32.3. The molecule has 1 aromatic rings. The molecule has 0 aromatic heterocycles. The van der Waals surface area contributed by atoms with E-state index in [0.717, 1.165) is 14.2 Å². The van der Waals surface area contributed by atoms with Crippen LogP contribution in [0, 0.1) is 0 Å². The number of carbonyl (C=O) groups is 4. The molecule has 46 heavy (non-hydrogen) atoms. The van der Waals surface area contributed by atoms with Crippen LogP contribution in [0.25, 0.3) is 0 Å². The van der Waals surface area contributed by atoms with Gasteiger partial charge in [0.1, 0.15) is 22.5 Å². The number of aliphatic hydroxyl groups excluding tert-OH is 1. The van der Waals surface area contributed by atoms with Gasteiger partial charge in [-0.1, -0.05) is 6.07 Å². The van der Waals surface area contributed by atoms with Crippen molar-refractivity contribution in [1.82, 2.24) is 0 Å². The second-order valence-electron chi connectivity index (χ2n) is 8.86. The molecule has 4 N–H and O–H groups in total. The van der Waals surface area contributed by atoms with Gasteiger partial charge in [-0.05, 0) is 44.6 Å².